The zero-order valence-electron chi connectivity index (χ0n) is 20.8. The summed E-state index contributed by atoms with van der Waals surface area (Å²) in [5.41, 5.74) is 6.50. The number of methoxy groups -OCH3 is 2. The van der Waals surface area contributed by atoms with Gasteiger partial charge in [-0.2, -0.15) is 0 Å². The van der Waals surface area contributed by atoms with Crippen molar-refractivity contribution in [2.75, 3.05) is 25.7 Å². The van der Waals surface area contributed by atoms with E-state index in [9.17, 15) is 4.79 Å². The molecule has 1 atom stereocenters. The molecule has 0 aliphatic carbocycles. The third-order valence-electron chi connectivity index (χ3n) is 6.93. The van der Waals surface area contributed by atoms with Gasteiger partial charge < -0.3 is 14.4 Å². The second-order valence-corrected chi connectivity index (χ2v) is 9.41. The fourth-order valence-corrected chi connectivity index (χ4v) is 5.28. The van der Waals surface area contributed by atoms with E-state index in [1.807, 2.05) is 18.2 Å². The number of ether oxygens (including phenoxy) is 2. The highest BCUT2D eigenvalue weighted by molar-refractivity contribution is 6.31. The molecule has 0 fully saturated rings. The Balaban J connectivity index is 1.80. The summed E-state index contributed by atoms with van der Waals surface area (Å²) >= 11 is 6.71. The Morgan fingerprint density at radius 3 is 2.51 bits per heavy atom. The molecule has 1 aliphatic rings. The van der Waals surface area contributed by atoms with E-state index in [2.05, 4.69) is 61.2 Å². The number of hydrogen-bond donors (Lipinski definition) is 0. The lowest BCUT2D eigenvalue weighted by molar-refractivity contribution is -0.134. The molecular weight excluding hydrogens is 458 g/mol. The quantitative estimate of drug-likeness (QED) is 0.270. The van der Waals surface area contributed by atoms with Gasteiger partial charge in [-0.3, -0.25) is 0 Å². The molecule has 0 aromatic heterocycles. The maximum Gasteiger partial charge on any atom is 0.330 e. The first-order valence-corrected chi connectivity index (χ1v) is 12.4. The van der Waals surface area contributed by atoms with Crippen molar-refractivity contribution in [3.05, 3.63) is 99.6 Å². The number of nitrogens with zero attached hydrogens (tertiary/aromatic N) is 1. The number of halogens is 1. The standard InChI is InChI=1S/C30H32ClNO3/c1-5-6-22-10-13-25(20-28(22)31)32-18-17-23-19-26(34-3)14-15-27(23)30(32,2)24-11-7-21(8-12-24)9-16-29(33)35-4/h7-16,19-20H,5-6,17-18H2,1-4H3/b16-9+. The van der Waals surface area contributed by atoms with Crippen LogP contribution in [-0.4, -0.2) is 26.7 Å². The van der Waals surface area contributed by atoms with Gasteiger partial charge in [0, 0.05) is 23.3 Å². The van der Waals surface area contributed by atoms with Gasteiger partial charge >= 0.3 is 5.97 Å². The van der Waals surface area contributed by atoms with Crippen LogP contribution in [0.2, 0.25) is 5.02 Å². The molecule has 0 spiro atoms. The molecule has 0 saturated heterocycles. The van der Waals surface area contributed by atoms with Gasteiger partial charge in [0.1, 0.15) is 5.75 Å². The fourth-order valence-electron chi connectivity index (χ4n) is 5.01. The van der Waals surface area contributed by atoms with Crippen LogP contribution >= 0.6 is 11.6 Å². The summed E-state index contributed by atoms with van der Waals surface area (Å²) in [6.45, 7) is 5.29. The number of carbonyl (C=O) groups excluding carboxylic acids is 1. The van der Waals surface area contributed by atoms with Crippen LogP contribution < -0.4 is 9.64 Å². The summed E-state index contributed by atoms with van der Waals surface area (Å²) in [7, 11) is 3.08. The Hall–Kier alpha value is -3.24. The second kappa shape index (κ2) is 10.6. The van der Waals surface area contributed by atoms with E-state index in [-0.39, 0.29) is 5.97 Å². The van der Waals surface area contributed by atoms with E-state index in [4.69, 9.17) is 21.1 Å². The molecule has 0 radical (unpaired) electrons. The molecule has 0 N–H and O–H groups in total. The maximum atomic E-state index is 11.5. The van der Waals surface area contributed by atoms with Crippen molar-refractivity contribution in [3.8, 4) is 5.75 Å². The highest BCUT2D eigenvalue weighted by Crippen LogP contribution is 2.45. The van der Waals surface area contributed by atoms with Gasteiger partial charge in [-0.1, -0.05) is 61.3 Å². The Bertz CT molecular complexity index is 1230. The predicted octanol–water partition coefficient (Wildman–Crippen LogP) is 6.81. The third kappa shape index (κ3) is 4.94. The van der Waals surface area contributed by atoms with Crippen LogP contribution in [0.4, 0.5) is 5.69 Å². The Morgan fingerprint density at radius 1 is 1.09 bits per heavy atom. The van der Waals surface area contributed by atoms with Crippen molar-refractivity contribution in [1.29, 1.82) is 0 Å². The second-order valence-electron chi connectivity index (χ2n) is 9.00. The van der Waals surface area contributed by atoms with E-state index >= 15 is 0 Å². The first-order valence-electron chi connectivity index (χ1n) is 12.0. The average Bonchev–Trinajstić information content (AvgIpc) is 2.88. The van der Waals surface area contributed by atoms with Gasteiger partial charge in [-0.15, -0.1) is 0 Å². The molecule has 35 heavy (non-hydrogen) atoms. The first-order chi connectivity index (χ1) is 16.9. The van der Waals surface area contributed by atoms with E-state index < -0.39 is 5.54 Å². The van der Waals surface area contributed by atoms with Crippen molar-refractivity contribution < 1.29 is 14.3 Å². The lowest BCUT2D eigenvalue weighted by Crippen LogP contribution is -2.49. The molecule has 0 bridgehead atoms. The van der Waals surface area contributed by atoms with E-state index in [1.165, 1.54) is 29.9 Å². The molecule has 1 aliphatic heterocycles. The summed E-state index contributed by atoms with van der Waals surface area (Å²) < 4.78 is 10.2. The molecular formula is C30H32ClNO3. The predicted molar refractivity (Wildman–Crippen MR) is 143 cm³/mol. The van der Waals surface area contributed by atoms with Gasteiger partial charge in [-0.05, 0) is 77.9 Å². The normalized spacial score (nSPS) is 17.3. The number of benzene rings is 3. The van der Waals surface area contributed by atoms with Crippen molar-refractivity contribution >= 4 is 29.3 Å². The largest absolute Gasteiger partial charge is 0.497 e. The molecule has 0 amide bonds. The zero-order chi connectivity index (χ0) is 25.0. The van der Waals surface area contributed by atoms with Crippen LogP contribution in [0.1, 0.15) is 48.1 Å². The molecule has 4 nitrogen and oxygen atoms in total. The molecule has 5 heteroatoms. The smallest absolute Gasteiger partial charge is 0.330 e. The Kier molecular flexibility index (Phi) is 7.51. The van der Waals surface area contributed by atoms with Crippen molar-refractivity contribution in [1.82, 2.24) is 0 Å². The van der Waals surface area contributed by atoms with Crippen LogP contribution in [0.5, 0.6) is 5.75 Å². The fraction of sp³-hybridized carbons (Fsp3) is 0.300. The van der Waals surface area contributed by atoms with E-state index in [0.717, 1.165) is 53.4 Å². The number of anilines is 1. The highest BCUT2D eigenvalue weighted by Gasteiger charge is 2.40. The summed E-state index contributed by atoms with van der Waals surface area (Å²) in [4.78, 5) is 13.9. The monoisotopic (exact) mass is 489 g/mol. The number of fused-ring (bicyclic) bond motifs is 1. The van der Waals surface area contributed by atoms with Gasteiger partial charge in [0.15, 0.2) is 0 Å². The molecule has 3 aromatic rings. The minimum atomic E-state index is -0.417. The molecule has 182 valence electrons. The van der Waals surface area contributed by atoms with Crippen molar-refractivity contribution in [3.63, 3.8) is 0 Å². The average molecular weight is 490 g/mol. The number of hydrogen-bond acceptors (Lipinski definition) is 4. The molecule has 0 saturated carbocycles. The Labute approximate surface area is 213 Å². The Morgan fingerprint density at radius 2 is 1.86 bits per heavy atom. The number of carbonyl (C=O) groups is 1. The first kappa shape index (κ1) is 24.9. The van der Waals surface area contributed by atoms with Gasteiger partial charge in [-0.25, -0.2) is 4.79 Å². The molecule has 1 unspecified atom stereocenters. The molecule has 3 aromatic carbocycles. The number of rotatable bonds is 7. The van der Waals surface area contributed by atoms with E-state index in [1.54, 1.807) is 13.2 Å². The van der Waals surface area contributed by atoms with E-state index in [0.29, 0.717) is 0 Å². The van der Waals surface area contributed by atoms with Crippen LogP contribution in [0.25, 0.3) is 6.08 Å². The number of aryl methyl sites for hydroxylation is 1. The lowest BCUT2D eigenvalue weighted by Gasteiger charge is -2.48. The van der Waals surface area contributed by atoms with Crippen LogP contribution in [0, 0.1) is 0 Å². The van der Waals surface area contributed by atoms with Gasteiger partial charge in [0.25, 0.3) is 0 Å². The SMILES string of the molecule is CCCc1ccc(N2CCc3cc(OC)ccc3C2(C)c2ccc(/C=C/C(=O)OC)cc2)cc1Cl. The molecule has 4 rings (SSSR count). The maximum absolute atomic E-state index is 11.5. The summed E-state index contributed by atoms with van der Waals surface area (Å²) in [6, 6.07) is 21.2. The third-order valence-corrected chi connectivity index (χ3v) is 7.29. The van der Waals surface area contributed by atoms with Crippen molar-refractivity contribution in [2.45, 2.75) is 38.6 Å². The summed E-state index contributed by atoms with van der Waals surface area (Å²) in [6.07, 6.45) is 6.15. The van der Waals surface area contributed by atoms with Crippen LogP contribution in [0.15, 0.2) is 66.7 Å². The summed E-state index contributed by atoms with van der Waals surface area (Å²) in [5, 5.41) is 0.815. The lowest BCUT2D eigenvalue weighted by atomic mass is 9.76. The highest BCUT2D eigenvalue weighted by atomic mass is 35.5. The van der Waals surface area contributed by atoms with Gasteiger partial charge in [0.2, 0.25) is 0 Å². The van der Waals surface area contributed by atoms with Crippen LogP contribution in [-0.2, 0) is 27.9 Å². The van der Waals surface area contributed by atoms with Crippen LogP contribution in [0.3, 0.4) is 0 Å². The molecule has 1 heterocycles. The summed E-state index contributed by atoms with van der Waals surface area (Å²) in [5.74, 6) is 0.501. The topological polar surface area (TPSA) is 38.8 Å². The van der Waals surface area contributed by atoms with Crippen molar-refractivity contribution in [2.24, 2.45) is 0 Å². The van der Waals surface area contributed by atoms with Gasteiger partial charge in [0.05, 0.1) is 19.8 Å². The number of esters is 1. The zero-order valence-corrected chi connectivity index (χ0v) is 21.6. The minimum absolute atomic E-state index is 0.370. The minimum Gasteiger partial charge on any atom is -0.497 e.